The first-order chi connectivity index (χ1) is 10.4. The standard InChI is InChI=1S/C19H26O3/c1-18-7-5-11(20)9-15(18)16(21)10-12-13-3-4-17(22)19(13,2)8-6-14(12)18/h9,12-14,16,21H,3-8,10H2,1-2H3/t12-,13+,14-,16?,18-,19+/m1/s1. The fourth-order valence-corrected chi connectivity index (χ4v) is 6.38. The largest absolute Gasteiger partial charge is 0.389 e. The van der Waals surface area contributed by atoms with Gasteiger partial charge < -0.3 is 5.11 Å². The molecular formula is C19H26O3. The number of Topliss-reactive ketones (excluding diaryl/α,β-unsaturated/α-hetero) is 1. The molecule has 0 aliphatic heterocycles. The van der Waals surface area contributed by atoms with E-state index >= 15 is 0 Å². The number of fused-ring (bicyclic) bond motifs is 5. The molecule has 3 nitrogen and oxygen atoms in total. The van der Waals surface area contributed by atoms with E-state index < -0.39 is 6.10 Å². The number of carbonyl (C=O) groups is 2. The van der Waals surface area contributed by atoms with E-state index in [-0.39, 0.29) is 16.6 Å². The van der Waals surface area contributed by atoms with E-state index in [0.29, 0.717) is 30.0 Å². The molecular weight excluding hydrogens is 276 g/mol. The number of rotatable bonds is 0. The SMILES string of the molecule is C[C@]12CCC(=O)C=C1C(O)C[C@H]1[C@H]2CC[C@]2(C)C(=O)CC[C@@H]12. The van der Waals surface area contributed by atoms with Crippen LogP contribution < -0.4 is 0 Å². The molecule has 22 heavy (non-hydrogen) atoms. The van der Waals surface area contributed by atoms with E-state index in [4.69, 9.17) is 0 Å². The van der Waals surface area contributed by atoms with Gasteiger partial charge in [-0.1, -0.05) is 13.8 Å². The van der Waals surface area contributed by atoms with Crippen molar-refractivity contribution in [3.8, 4) is 0 Å². The first kappa shape index (κ1) is 14.6. The monoisotopic (exact) mass is 302 g/mol. The molecule has 0 bridgehead atoms. The van der Waals surface area contributed by atoms with Crippen molar-refractivity contribution in [2.24, 2.45) is 28.6 Å². The Hall–Kier alpha value is -0.960. The predicted molar refractivity (Wildman–Crippen MR) is 83.1 cm³/mol. The third-order valence-electron chi connectivity index (χ3n) is 7.69. The Morgan fingerprint density at radius 1 is 1.05 bits per heavy atom. The second-order valence-corrected chi connectivity index (χ2v) is 8.53. The van der Waals surface area contributed by atoms with Crippen LogP contribution in [-0.2, 0) is 9.59 Å². The highest BCUT2D eigenvalue weighted by molar-refractivity contribution is 5.92. The maximum atomic E-state index is 12.4. The van der Waals surface area contributed by atoms with Crippen molar-refractivity contribution in [2.75, 3.05) is 0 Å². The van der Waals surface area contributed by atoms with Crippen LogP contribution >= 0.6 is 0 Å². The molecule has 0 amide bonds. The molecule has 3 fully saturated rings. The van der Waals surface area contributed by atoms with Crippen LogP contribution in [0.1, 0.15) is 58.8 Å². The van der Waals surface area contributed by atoms with Gasteiger partial charge in [0.15, 0.2) is 5.78 Å². The molecule has 0 spiro atoms. The molecule has 0 radical (unpaired) electrons. The predicted octanol–water partition coefficient (Wildman–Crippen LogP) is 3.06. The highest BCUT2D eigenvalue weighted by Crippen LogP contribution is 2.64. The van der Waals surface area contributed by atoms with Crippen LogP contribution in [0.15, 0.2) is 11.6 Å². The lowest BCUT2D eigenvalue weighted by molar-refractivity contribution is -0.134. The summed E-state index contributed by atoms with van der Waals surface area (Å²) in [5, 5.41) is 10.7. The van der Waals surface area contributed by atoms with E-state index in [1.54, 1.807) is 6.08 Å². The average Bonchev–Trinajstić information content (AvgIpc) is 2.77. The van der Waals surface area contributed by atoms with Crippen LogP contribution in [0.2, 0.25) is 0 Å². The number of carbonyl (C=O) groups excluding carboxylic acids is 2. The molecule has 1 unspecified atom stereocenters. The Labute approximate surface area is 132 Å². The van der Waals surface area contributed by atoms with Crippen molar-refractivity contribution < 1.29 is 14.7 Å². The highest BCUT2D eigenvalue weighted by atomic mass is 16.3. The Morgan fingerprint density at radius 3 is 2.55 bits per heavy atom. The fourth-order valence-electron chi connectivity index (χ4n) is 6.38. The first-order valence-electron chi connectivity index (χ1n) is 8.82. The Kier molecular flexibility index (Phi) is 3.01. The third-order valence-corrected chi connectivity index (χ3v) is 7.69. The molecule has 4 rings (SSSR count). The maximum absolute atomic E-state index is 12.4. The van der Waals surface area contributed by atoms with Gasteiger partial charge in [-0.15, -0.1) is 0 Å². The summed E-state index contributed by atoms with van der Waals surface area (Å²) in [6, 6.07) is 0. The van der Waals surface area contributed by atoms with Crippen molar-refractivity contribution in [1.82, 2.24) is 0 Å². The Bertz CT molecular complexity index is 577. The second-order valence-electron chi connectivity index (χ2n) is 8.53. The first-order valence-corrected chi connectivity index (χ1v) is 8.82. The molecule has 120 valence electrons. The van der Waals surface area contributed by atoms with Crippen LogP contribution in [0.4, 0.5) is 0 Å². The molecule has 0 aromatic carbocycles. The van der Waals surface area contributed by atoms with Crippen molar-refractivity contribution in [1.29, 1.82) is 0 Å². The summed E-state index contributed by atoms with van der Waals surface area (Å²) >= 11 is 0. The highest BCUT2D eigenvalue weighted by Gasteiger charge is 2.60. The van der Waals surface area contributed by atoms with Crippen LogP contribution in [0.5, 0.6) is 0 Å². The van der Waals surface area contributed by atoms with Crippen LogP contribution in [-0.4, -0.2) is 22.8 Å². The quantitative estimate of drug-likeness (QED) is 0.748. The number of aliphatic hydroxyl groups is 1. The lowest BCUT2D eigenvalue weighted by Gasteiger charge is -2.58. The summed E-state index contributed by atoms with van der Waals surface area (Å²) < 4.78 is 0. The fraction of sp³-hybridized carbons (Fsp3) is 0.789. The van der Waals surface area contributed by atoms with E-state index in [0.717, 1.165) is 44.1 Å². The molecule has 4 aliphatic carbocycles. The zero-order valence-electron chi connectivity index (χ0n) is 13.6. The summed E-state index contributed by atoms with van der Waals surface area (Å²) in [6.45, 7) is 4.42. The second kappa shape index (κ2) is 4.53. The van der Waals surface area contributed by atoms with Crippen molar-refractivity contribution in [2.45, 2.75) is 64.9 Å². The molecule has 3 heteroatoms. The Balaban J connectivity index is 1.74. The van der Waals surface area contributed by atoms with Gasteiger partial charge in [0, 0.05) is 18.3 Å². The molecule has 1 N–H and O–H groups in total. The van der Waals surface area contributed by atoms with E-state index in [1.807, 2.05) is 0 Å². The van der Waals surface area contributed by atoms with E-state index in [2.05, 4.69) is 13.8 Å². The minimum atomic E-state index is -0.492. The third kappa shape index (κ3) is 1.72. The van der Waals surface area contributed by atoms with Crippen LogP contribution in [0.25, 0.3) is 0 Å². The summed E-state index contributed by atoms with van der Waals surface area (Å²) in [5.41, 5.74) is 0.796. The minimum Gasteiger partial charge on any atom is -0.389 e. The van der Waals surface area contributed by atoms with E-state index in [9.17, 15) is 14.7 Å². The van der Waals surface area contributed by atoms with Crippen LogP contribution in [0, 0.1) is 28.6 Å². The van der Waals surface area contributed by atoms with Gasteiger partial charge in [-0.2, -0.15) is 0 Å². The maximum Gasteiger partial charge on any atom is 0.155 e. The number of aliphatic hydroxyl groups excluding tert-OH is 1. The molecule has 0 aromatic heterocycles. The normalized spacial score (nSPS) is 51.0. The average molecular weight is 302 g/mol. The number of hydrogen-bond acceptors (Lipinski definition) is 3. The molecule has 4 aliphatic rings. The summed E-state index contributed by atoms with van der Waals surface area (Å²) in [5.74, 6) is 2.01. The zero-order chi connectivity index (χ0) is 15.7. The molecule has 0 saturated heterocycles. The van der Waals surface area contributed by atoms with Gasteiger partial charge in [0.25, 0.3) is 0 Å². The smallest absolute Gasteiger partial charge is 0.155 e. The van der Waals surface area contributed by atoms with Crippen molar-refractivity contribution in [3.63, 3.8) is 0 Å². The van der Waals surface area contributed by atoms with Gasteiger partial charge in [-0.3, -0.25) is 9.59 Å². The molecule has 6 atom stereocenters. The van der Waals surface area contributed by atoms with Crippen LogP contribution in [0.3, 0.4) is 0 Å². The summed E-state index contributed by atoms with van der Waals surface area (Å²) in [6.07, 6.45) is 7.24. The topological polar surface area (TPSA) is 54.4 Å². The molecule has 0 aromatic rings. The molecule has 0 heterocycles. The van der Waals surface area contributed by atoms with Gasteiger partial charge in [-0.05, 0) is 66.9 Å². The van der Waals surface area contributed by atoms with Crippen molar-refractivity contribution >= 4 is 11.6 Å². The van der Waals surface area contributed by atoms with Gasteiger partial charge in [-0.25, -0.2) is 0 Å². The van der Waals surface area contributed by atoms with Gasteiger partial charge in [0.05, 0.1) is 6.10 Å². The lowest BCUT2D eigenvalue weighted by atomic mass is 9.47. The van der Waals surface area contributed by atoms with E-state index in [1.165, 1.54) is 0 Å². The summed E-state index contributed by atoms with van der Waals surface area (Å²) in [7, 11) is 0. The summed E-state index contributed by atoms with van der Waals surface area (Å²) in [4.78, 5) is 24.2. The van der Waals surface area contributed by atoms with Crippen molar-refractivity contribution in [3.05, 3.63) is 11.6 Å². The molecule has 3 saturated carbocycles. The lowest BCUT2D eigenvalue weighted by Crippen LogP contribution is -2.54. The van der Waals surface area contributed by atoms with Gasteiger partial charge in [0.2, 0.25) is 0 Å². The Morgan fingerprint density at radius 2 is 1.77 bits per heavy atom. The van der Waals surface area contributed by atoms with Gasteiger partial charge >= 0.3 is 0 Å². The zero-order valence-corrected chi connectivity index (χ0v) is 13.6. The number of ketones is 2. The van der Waals surface area contributed by atoms with Gasteiger partial charge in [0.1, 0.15) is 5.78 Å². The number of hydrogen-bond donors (Lipinski definition) is 1. The minimum absolute atomic E-state index is 0.0385.